The highest BCUT2D eigenvalue weighted by Gasteiger charge is 2.50. The molecule has 0 radical (unpaired) electrons. The number of amides is 4. The molecular formula is C34H43N7O4. The Labute approximate surface area is 264 Å². The summed E-state index contributed by atoms with van der Waals surface area (Å²) < 4.78 is 0. The summed E-state index contributed by atoms with van der Waals surface area (Å²) in [5.74, 6) is 0.962. The highest BCUT2D eigenvalue weighted by molar-refractivity contribution is 5.92. The maximum atomic E-state index is 14.4. The molecule has 11 heteroatoms. The van der Waals surface area contributed by atoms with Crippen LogP contribution in [0, 0.1) is 5.92 Å². The summed E-state index contributed by atoms with van der Waals surface area (Å²) >= 11 is 0. The van der Waals surface area contributed by atoms with E-state index < -0.39 is 12.2 Å². The number of nitrogens with zero attached hydrogens (tertiary/aromatic N) is 6. The summed E-state index contributed by atoms with van der Waals surface area (Å²) in [7, 11) is 5.62. The van der Waals surface area contributed by atoms with E-state index >= 15 is 0 Å². The molecule has 3 aliphatic rings. The van der Waals surface area contributed by atoms with Crippen LogP contribution in [0.5, 0.6) is 5.75 Å². The Hall–Kier alpha value is -4.38. The molecule has 1 unspecified atom stereocenters. The zero-order valence-corrected chi connectivity index (χ0v) is 26.4. The van der Waals surface area contributed by atoms with Gasteiger partial charge in [-0.15, -0.1) is 0 Å². The number of hydrogen-bond acceptors (Lipinski definition) is 7. The quantitative estimate of drug-likeness (QED) is 0.419. The van der Waals surface area contributed by atoms with E-state index in [0.29, 0.717) is 12.5 Å². The van der Waals surface area contributed by atoms with Crippen molar-refractivity contribution in [1.82, 2.24) is 30.1 Å². The number of benzene rings is 2. The average molecular weight is 614 g/mol. The van der Waals surface area contributed by atoms with E-state index in [1.54, 1.807) is 51.1 Å². The molecule has 0 bridgehead atoms. The lowest BCUT2D eigenvalue weighted by atomic mass is 9.89. The zero-order chi connectivity index (χ0) is 31.7. The van der Waals surface area contributed by atoms with Crippen LogP contribution in [0.15, 0.2) is 54.6 Å². The molecule has 4 amide bonds. The lowest BCUT2D eigenvalue weighted by molar-refractivity contribution is -0.187. The van der Waals surface area contributed by atoms with Gasteiger partial charge >= 0.3 is 6.03 Å². The predicted octanol–water partition coefficient (Wildman–Crippen LogP) is 3.57. The van der Waals surface area contributed by atoms with Crippen molar-refractivity contribution >= 4 is 34.6 Å². The number of carbonyl (C=O) groups excluding carboxylic acids is 3. The van der Waals surface area contributed by atoms with Gasteiger partial charge in [0.2, 0.25) is 11.8 Å². The number of para-hydroxylation sites is 1. The van der Waals surface area contributed by atoms with Gasteiger partial charge in [0.05, 0.1) is 18.6 Å². The fourth-order valence-electron chi connectivity index (χ4n) is 7.07. The summed E-state index contributed by atoms with van der Waals surface area (Å²) in [6.45, 7) is 1.03. The van der Waals surface area contributed by atoms with E-state index in [1.807, 2.05) is 43.3 Å². The van der Waals surface area contributed by atoms with Gasteiger partial charge in [0.15, 0.2) is 0 Å². The molecule has 2 N–H and O–H groups in total. The van der Waals surface area contributed by atoms with E-state index in [2.05, 4.69) is 11.4 Å². The van der Waals surface area contributed by atoms with Crippen molar-refractivity contribution in [2.45, 2.75) is 57.3 Å². The van der Waals surface area contributed by atoms with Crippen LogP contribution in [0.25, 0.3) is 10.9 Å². The highest BCUT2D eigenvalue weighted by atomic mass is 16.3. The second kappa shape index (κ2) is 12.9. The standard InChI is InChI=1S/C34H43N7O4/c1-37(2)32-26(18-25-11-7-8-12-28(25)36-32)20-39-21-30-40(29(33(39)44)17-23-13-15-27(42)16-14-23)31(43)22-38(3)41(30)34(45)35-19-24-9-5-4-6-10-24/h7-8,11-16,18,24,29-30,42H,4-6,9-10,17,19-22H2,1-3H3,(H,35,45)/t29-,30?/m0/s1. The molecular weight excluding hydrogens is 570 g/mol. The fourth-order valence-corrected chi connectivity index (χ4v) is 7.07. The minimum Gasteiger partial charge on any atom is -0.508 e. The molecule has 6 rings (SSSR count). The number of phenolic OH excluding ortho intramolecular Hbond substituents is 1. The number of aromatic nitrogens is 1. The molecule has 2 aromatic carbocycles. The summed E-state index contributed by atoms with van der Waals surface area (Å²) in [5, 5.41) is 17.3. The first-order valence-corrected chi connectivity index (χ1v) is 15.9. The van der Waals surface area contributed by atoms with Crippen LogP contribution < -0.4 is 10.2 Å². The Morgan fingerprint density at radius 3 is 2.51 bits per heavy atom. The van der Waals surface area contributed by atoms with E-state index in [1.165, 1.54) is 19.3 Å². The molecule has 2 atom stereocenters. The number of likely N-dealkylation sites (N-methyl/N-ethyl adjacent to an activating group) is 1. The van der Waals surface area contributed by atoms with Crippen LogP contribution in [0.3, 0.4) is 0 Å². The van der Waals surface area contributed by atoms with E-state index in [0.717, 1.165) is 40.7 Å². The molecule has 2 saturated heterocycles. The number of carbonyl (C=O) groups is 3. The zero-order valence-electron chi connectivity index (χ0n) is 26.4. The Morgan fingerprint density at radius 1 is 1.04 bits per heavy atom. The number of aromatic hydroxyl groups is 1. The first kappa shape index (κ1) is 30.6. The summed E-state index contributed by atoms with van der Waals surface area (Å²) in [6, 6.07) is 15.6. The van der Waals surface area contributed by atoms with E-state index in [4.69, 9.17) is 4.98 Å². The van der Waals surface area contributed by atoms with Crippen molar-refractivity contribution in [3.8, 4) is 5.75 Å². The monoisotopic (exact) mass is 613 g/mol. The molecule has 1 saturated carbocycles. The number of hydrazine groups is 1. The number of pyridine rings is 1. The highest BCUT2D eigenvalue weighted by Crippen LogP contribution is 2.31. The molecule has 0 spiro atoms. The maximum Gasteiger partial charge on any atom is 0.333 e. The number of hydrogen-bond donors (Lipinski definition) is 2. The smallest absolute Gasteiger partial charge is 0.333 e. The molecule has 45 heavy (non-hydrogen) atoms. The Morgan fingerprint density at radius 2 is 1.78 bits per heavy atom. The minimum atomic E-state index is -0.820. The topological polar surface area (TPSA) is 113 Å². The Kier molecular flexibility index (Phi) is 8.80. The first-order chi connectivity index (χ1) is 21.7. The number of fused-ring (bicyclic) bond motifs is 2. The van der Waals surface area contributed by atoms with Crippen LogP contribution in [0.2, 0.25) is 0 Å². The van der Waals surface area contributed by atoms with Crippen molar-refractivity contribution in [3.63, 3.8) is 0 Å². The number of rotatable bonds is 7. The third-order valence-corrected chi connectivity index (χ3v) is 9.34. The van der Waals surface area contributed by atoms with E-state index in [9.17, 15) is 19.5 Å². The molecule has 3 fully saturated rings. The van der Waals surface area contributed by atoms with Gasteiger partial charge in [-0.05, 0) is 48.6 Å². The van der Waals surface area contributed by atoms with Crippen molar-refractivity contribution in [2.75, 3.05) is 45.7 Å². The van der Waals surface area contributed by atoms with Crippen LogP contribution >= 0.6 is 0 Å². The van der Waals surface area contributed by atoms with Gasteiger partial charge < -0.3 is 25.1 Å². The molecule has 1 aliphatic carbocycles. The summed E-state index contributed by atoms with van der Waals surface area (Å²) in [6.07, 6.45) is 5.40. The SMILES string of the molecule is CN(C)c1nc2ccccc2cc1CN1CC2N(C(=O)CN(C)N2C(=O)NCC2CCCCC2)[C@@H](Cc2ccc(O)cc2)C1=O. The van der Waals surface area contributed by atoms with Gasteiger partial charge in [0.1, 0.15) is 23.8 Å². The first-order valence-electron chi connectivity index (χ1n) is 15.9. The molecule has 2 aliphatic heterocycles. The maximum absolute atomic E-state index is 14.4. The van der Waals surface area contributed by atoms with Crippen molar-refractivity contribution in [2.24, 2.45) is 5.92 Å². The number of urea groups is 1. The van der Waals surface area contributed by atoms with Crippen LogP contribution in [0.1, 0.15) is 43.2 Å². The third-order valence-electron chi connectivity index (χ3n) is 9.34. The van der Waals surface area contributed by atoms with E-state index in [-0.39, 0.29) is 49.7 Å². The van der Waals surface area contributed by atoms with Gasteiger partial charge in [0, 0.05) is 51.6 Å². The lowest BCUT2D eigenvalue weighted by Crippen LogP contribution is -2.76. The number of piperazine rings is 1. The van der Waals surface area contributed by atoms with Gasteiger partial charge in [-0.1, -0.05) is 49.6 Å². The van der Waals surface area contributed by atoms with Crippen molar-refractivity contribution < 1.29 is 19.5 Å². The Balaban J connectivity index is 1.34. The molecule has 3 aromatic rings. The van der Waals surface area contributed by atoms with Crippen LogP contribution in [-0.2, 0) is 22.6 Å². The number of phenols is 1. The summed E-state index contributed by atoms with van der Waals surface area (Å²) in [5.41, 5.74) is 2.56. The Bertz CT molecular complexity index is 1560. The van der Waals surface area contributed by atoms with Gasteiger partial charge in [-0.2, -0.15) is 0 Å². The van der Waals surface area contributed by atoms with Crippen LogP contribution in [0.4, 0.5) is 10.6 Å². The molecule has 1 aromatic heterocycles. The van der Waals surface area contributed by atoms with Crippen molar-refractivity contribution in [3.05, 3.63) is 65.7 Å². The second-order valence-corrected chi connectivity index (χ2v) is 12.8. The predicted molar refractivity (Wildman–Crippen MR) is 172 cm³/mol. The lowest BCUT2D eigenvalue weighted by Gasteiger charge is -2.54. The fraction of sp³-hybridized carbons (Fsp3) is 0.471. The number of anilines is 1. The third kappa shape index (κ3) is 6.40. The normalized spacial score (nSPS) is 21.3. The van der Waals surface area contributed by atoms with Gasteiger partial charge in [-0.3, -0.25) is 9.59 Å². The molecule has 238 valence electrons. The largest absolute Gasteiger partial charge is 0.508 e. The molecule has 11 nitrogen and oxygen atoms in total. The second-order valence-electron chi connectivity index (χ2n) is 12.8. The van der Waals surface area contributed by atoms with Gasteiger partial charge in [0.25, 0.3) is 0 Å². The minimum absolute atomic E-state index is 0.00786. The average Bonchev–Trinajstić information content (AvgIpc) is 3.03. The summed E-state index contributed by atoms with van der Waals surface area (Å²) in [4.78, 5) is 52.1. The van der Waals surface area contributed by atoms with Crippen LogP contribution in [-0.4, -0.2) is 101 Å². The van der Waals surface area contributed by atoms with Crippen molar-refractivity contribution in [1.29, 1.82) is 0 Å². The van der Waals surface area contributed by atoms with Gasteiger partial charge in [-0.25, -0.2) is 19.8 Å². The molecule has 3 heterocycles. The number of nitrogens with one attached hydrogen (secondary N) is 1.